The smallest absolute Gasteiger partial charge is 0.211 e. The molecule has 6 nitrogen and oxygen atoms in total. The lowest BCUT2D eigenvalue weighted by atomic mass is 9.98. The summed E-state index contributed by atoms with van der Waals surface area (Å²) in [5.74, 6) is 0.378. The Morgan fingerprint density at radius 3 is 2.62 bits per heavy atom. The monoisotopic (exact) mass is 319 g/mol. The molecule has 2 heterocycles. The van der Waals surface area contributed by atoms with Crippen molar-refractivity contribution in [1.29, 1.82) is 0 Å². The van der Waals surface area contributed by atoms with Crippen LogP contribution >= 0.6 is 0 Å². The molecule has 0 aromatic carbocycles. The van der Waals surface area contributed by atoms with Gasteiger partial charge in [0.2, 0.25) is 10.0 Å². The number of aliphatic hydroxyl groups is 1. The largest absolute Gasteiger partial charge is 0.392 e. The Morgan fingerprint density at radius 2 is 2.00 bits per heavy atom. The first-order valence-electron chi connectivity index (χ1n) is 7.77. The molecule has 7 heteroatoms. The average Bonchev–Trinajstić information content (AvgIpc) is 2.68. The topological polar surface area (TPSA) is 64.1 Å². The van der Waals surface area contributed by atoms with Gasteiger partial charge in [-0.25, -0.2) is 12.7 Å². The first kappa shape index (κ1) is 17.1. The molecule has 124 valence electrons. The molecule has 0 spiro atoms. The molecule has 2 fully saturated rings. The molecule has 0 aromatic heterocycles. The van der Waals surface area contributed by atoms with Gasteiger partial charge in [0.15, 0.2) is 0 Å². The highest BCUT2D eigenvalue weighted by atomic mass is 32.2. The first-order valence-corrected chi connectivity index (χ1v) is 9.62. The predicted molar refractivity (Wildman–Crippen MR) is 83.7 cm³/mol. The molecule has 21 heavy (non-hydrogen) atoms. The van der Waals surface area contributed by atoms with E-state index in [1.807, 2.05) is 0 Å². The summed E-state index contributed by atoms with van der Waals surface area (Å²) < 4.78 is 25.0. The highest BCUT2D eigenvalue weighted by Gasteiger charge is 2.34. The van der Waals surface area contributed by atoms with Gasteiger partial charge in [0.05, 0.1) is 12.4 Å². The summed E-state index contributed by atoms with van der Waals surface area (Å²) in [4.78, 5) is 4.50. The fourth-order valence-electron chi connectivity index (χ4n) is 3.60. The lowest BCUT2D eigenvalue weighted by Gasteiger charge is -2.35. The number of hydrogen-bond acceptors (Lipinski definition) is 5. The summed E-state index contributed by atoms with van der Waals surface area (Å²) >= 11 is 0. The minimum atomic E-state index is -3.08. The molecule has 0 aromatic rings. The van der Waals surface area contributed by atoms with E-state index in [4.69, 9.17) is 0 Å². The molecule has 0 saturated carbocycles. The van der Waals surface area contributed by atoms with Crippen LogP contribution in [0.1, 0.15) is 19.3 Å². The lowest BCUT2D eigenvalue weighted by Crippen LogP contribution is -2.46. The van der Waals surface area contributed by atoms with Crippen molar-refractivity contribution in [3.8, 4) is 0 Å². The van der Waals surface area contributed by atoms with Gasteiger partial charge in [-0.05, 0) is 39.3 Å². The minimum Gasteiger partial charge on any atom is -0.392 e. The van der Waals surface area contributed by atoms with Gasteiger partial charge < -0.3 is 10.0 Å². The third kappa shape index (κ3) is 4.89. The van der Waals surface area contributed by atoms with Crippen LogP contribution in [-0.2, 0) is 10.0 Å². The molecule has 2 aliphatic heterocycles. The van der Waals surface area contributed by atoms with E-state index in [9.17, 15) is 13.5 Å². The van der Waals surface area contributed by atoms with Gasteiger partial charge >= 0.3 is 0 Å². The number of hydrogen-bond donors (Lipinski definition) is 1. The summed E-state index contributed by atoms with van der Waals surface area (Å²) in [5, 5.41) is 9.93. The summed E-state index contributed by atoms with van der Waals surface area (Å²) in [5.41, 5.74) is 0. The van der Waals surface area contributed by atoms with E-state index in [0.717, 1.165) is 32.4 Å². The van der Waals surface area contributed by atoms with E-state index < -0.39 is 10.0 Å². The van der Waals surface area contributed by atoms with Crippen molar-refractivity contribution in [3.05, 3.63) is 0 Å². The number of sulfonamides is 1. The van der Waals surface area contributed by atoms with Crippen LogP contribution in [0, 0.1) is 5.92 Å². The summed E-state index contributed by atoms with van der Waals surface area (Å²) in [6.07, 6.45) is 3.88. The van der Waals surface area contributed by atoms with Crippen LogP contribution in [0.25, 0.3) is 0 Å². The van der Waals surface area contributed by atoms with Crippen molar-refractivity contribution in [2.24, 2.45) is 5.92 Å². The highest BCUT2D eigenvalue weighted by molar-refractivity contribution is 7.88. The normalized spacial score (nSPS) is 32.9. The summed E-state index contributed by atoms with van der Waals surface area (Å²) in [7, 11) is 1.02. The van der Waals surface area contributed by atoms with E-state index in [-0.39, 0.29) is 6.10 Å². The van der Waals surface area contributed by atoms with Crippen LogP contribution in [0.15, 0.2) is 0 Å². The number of likely N-dealkylation sites (N-methyl/N-ethyl adjacent to an activating group) is 1. The van der Waals surface area contributed by atoms with Crippen LogP contribution in [0.2, 0.25) is 0 Å². The number of likely N-dealkylation sites (tertiary alicyclic amines) is 1. The molecule has 2 rings (SSSR count). The molecule has 0 amide bonds. The van der Waals surface area contributed by atoms with Crippen molar-refractivity contribution in [3.63, 3.8) is 0 Å². The van der Waals surface area contributed by atoms with Crippen molar-refractivity contribution in [1.82, 2.24) is 14.1 Å². The Balaban J connectivity index is 1.93. The van der Waals surface area contributed by atoms with Crippen molar-refractivity contribution in [2.45, 2.75) is 31.4 Å². The minimum absolute atomic E-state index is 0.246. The van der Waals surface area contributed by atoms with E-state index in [2.05, 4.69) is 23.9 Å². The van der Waals surface area contributed by atoms with Gasteiger partial charge in [0.25, 0.3) is 0 Å². The third-order valence-corrected chi connectivity index (χ3v) is 5.79. The molecule has 1 N–H and O–H groups in total. The summed E-state index contributed by atoms with van der Waals surface area (Å²) in [6.45, 7) is 3.83. The molecule has 2 saturated heterocycles. The van der Waals surface area contributed by atoms with E-state index in [1.54, 1.807) is 4.31 Å². The Morgan fingerprint density at radius 1 is 1.29 bits per heavy atom. The molecule has 2 aliphatic rings. The molecule has 3 atom stereocenters. The number of β-amino-alcohol motifs (C(OH)–C–C–N with tert-alkyl or cyclic N) is 1. The van der Waals surface area contributed by atoms with Crippen molar-refractivity contribution >= 4 is 10.0 Å². The highest BCUT2D eigenvalue weighted by Crippen LogP contribution is 2.24. The predicted octanol–water partition coefficient (Wildman–Crippen LogP) is -0.345. The second-order valence-corrected chi connectivity index (χ2v) is 8.87. The van der Waals surface area contributed by atoms with Gasteiger partial charge in [0.1, 0.15) is 0 Å². The second kappa shape index (κ2) is 6.91. The molecule has 0 radical (unpaired) electrons. The summed E-state index contributed by atoms with van der Waals surface area (Å²) in [6, 6.07) is 0.378. The first-order chi connectivity index (χ1) is 9.75. The Kier molecular flexibility index (Phi) is 5.65. The maximum atomic E-state index is 11.7. The number of rotatable bonds is 5. The van der Waals surface area contributed by atoms with Gasteiger partial charge in [-0.15, -0.1) is 0 Å². The fourth-order valence-corrected chi connectivity index (χ4v) is 4.54. The van der Waals surface area contributed by atoms with Crippen LogP contribution in [0.5, 0.6) is 0 Å². The van der Waals surface area contributed by atoms with E-state index in [1.165, 1.54) is 6.26 Å². The second-order valence-electron chi connectivity index (χ2n) is 6.89. The fraction of sp³-hybridized carbons (Fsp3) is 1.00. The van der Waals surface area contributed by atoms with Gasteiger partial charge in [-0.1, -0.05) is 0 Å². The Labute approximate surface area is 128 Å². The molecular weight excluding hydrogens is 290 g/mol. The zero-order chi connectivity index (χ0) is 15.6. The van der Waals surface area contributed by atoms with Crippen LogP contribution in [0.3, 0.4) is 0 Å². The molecular formula is C14H29N3O3S. The Hall–Kier alpha value is -0.210. The standard InChI is InChI=1S/C14H29N3O3S/c1-15(2)10-13-7-14(18)11-16(13)8-12-5-4-6-17(9-12)21(3,19)20/h12-14,18H,4-11H2,1-3H3. The van der Waals surface area contributed by atoms with E-state index in [0.29, 0.717) is 31.6 Å². The van der Waals surface area contributed by atoms with Crippen LogP contribution in [0.4, 0.5) is 0 Å². The number of piperidine rings is 1. The van der Waals surface area contributed by atoms with Crippen LogP contribution < -0.4 is 0 Å². The molecule has 3 unspecified atom stereocenters. The number of aliphatic hydroxyl groups excluding tert-OH is 1. The Bertz CT molecular complexity index is 441. The average molecular weight is 319 g/mol. The van der Waals surface area contributed by atoms with E-state index >= 15 is 0 Å². The van der Waals surface area contributed by atoms with Gasteiger partial charge in [-0.3, -0.25) is 4.90 Å². The number of nitrogens with zero attached hydrogens (tertiary/aromatic N) is 3. The molecule has 0 bridgehead atoms. The lowest BCUT2D eigenvalue weighted by molar-refractivity contribution is 0.138. The molecule has 0 aliphatic carbocycles. The zero-order valence-corrected chi connectivity index (χ0v) is 14.2. The third-order valence-electron chi connectivity index (χ3n) is 4.53. The van der Waals surface area contributed by atoms with Crippen molar-refractivity contribution < 1.29 is 13.5 Å². The maximum Gasteiger partial charge on any atom is 0.211 e. The van der Waals surface area contributed by atoms with Gasteiger partial charge in [-0.2, -0.15) is 0 Å². The zero-order valence-electron chi connectivity index (χ0n) is 13.4. The van der Waals surface area contributed by atoms with Crippen LogP contribution in [-0.4, -0.2) is 92.9 Å². The van der Waals surface area contributed by atoms with Gasteiger partial charge in [0, 0.05) is 38.8 Å². The quantitative estimate of drug-likeness (QED) is 0.751. The SMILES string of the molecule is CN(C)CC1CC(O)CN1CC1CCCN(S(C)(=O)=O)C1. The van der Waals surface area contributed by atoms with Crippen molar-refractivity contribution in [2.75, 3.05) is 53.1 Å². The maximum absolute atomic E-state index is 11.7.